The summed E-state index contributed by atoms with van der Waals surface area (Å²) in [5.74, 6) is 2.58. The maximum Gasteiger partial charge on any atom is 0.389 e. The lowest BCUT2D eigenvalue weighted by Gasteiger charge is -2.59. The zero-order valence-electron chi connectivity index (χ0n) is 12.3. The van der Waals surface area contributed by atoms with Crippen LogP contribution in [0.4, 0.5) is 13.2 Å². The fourth-order valence-electron chi connectivity index (χ4n) is 5.87. The molecule has 20 heavy (non-hydrogen) atoms. The lowest BCUT2D eigenvalue weighted by molar-refractivity contribution is -0.137. The molecule has 0 amide bonds. The zero-order valence-corrected chi connectivity index (χ0v) is 12.3. The van der Waals surface area contributed by atoms with Gasteiger partial charge >= 0.3 is 6.18 Å². The van der Waals surface area contributed by atoms with Crippen LogP contribution in [0.15, 0.2) is 0 Å². The molecule has 0 aliphatic heterocycles. The maximum atomic E-state index is 12.4. The van der Waals surface area contributed by atoms with Crippen LogP contribution in [0.2, 0.25) is 0 Å². The minimum absolute atomic E-state index is 0.275. The molecule has 0 radical (unpaired) electrons. The molecule has 4 bridgehead atoms. The second kappa shape index (κ2) is 5.19. The molecule has 1 N–H and O–H groups in total. The Hall–Kier alpha value is -0.250. The Morgan fingerprint density at radius 2 is 1.55 bits per heavy atom. The molecule has 4 fully saturated rings. The van der Waals surface area contributed by atoms with Gasteiger partial charge in [0.15, 0.2) is 0 Å². The van der Waals surface area contributed by atoms with E-state index < -0.39 is 12.6 Å². The summed E-state index contributed by atoms with van der Waals surface area (Å²) in [4.78, 5) is 0. The molecule has 0 aromatic rings. The lowest BCUT2D eigenvalue weighted by atomic mass is 9.47. The second-order valence-corrected chi connectivity index (χ2v) is 7.63. The minimum atomic E-state index is -4.00. The van der Waals surface area contributed by atoms with E-state index in [9.17, 15) is 13.2 Å². The third kappa shape index (κ3) is 2.86. The van der Waals surface area contributed by atoms with Gasteiger partial charge in [-0.15, -0.1) is 0 Å². The number of hydrogen-bond donors (Lipinski definition) is 1. The van der Waals surface area contributed by atoms with Crippen molar-refractivity contribution in [3.63, 3.8) is 0 Å². The smallest absolute Gasteiger partial charge is 0.316 e. The molecule has 0 aromatic carbocycles. The third-order valence-electron chi connectivity index (χ3n) is 6.13. The predicted molar refractivity (Wildman–Crippen MR) is 73.4 cm³/mol. The van der Waals surface area contributed by atoms with Crippen LogP contribution in [0.1, 0.15) is 57.8 Å². The molecule has 0 aromatic heterocycles. The molecule has 1 unspecified atom stereocenters. The van der Waals surface area contributed by atoms with Gasteiger partial charge in [-0.3, -0.25) is 0 Å². The number of halogens is 3. The van der Waals surface area contributed by atoms with Crippen LogP contribution in [0, 0.1) is 23.2 Å². The molecule has 1 nitrogen and oxygen atoms in total. The third-order valence-corrected chi connectivity index (χ3v) is 6.13. The largest absolute Gasteiger partial charge is 0.389 e. The van der Waals surface area contributed by atoms with Gasteiger partial charge in [-0.1, -0.05) is 0 Å². The molecule has 4 saturated carbocycles. The van der Waals surface area contributed by atoms with E-state index in [0.717, 1.165) is 17.8 Å². The molecule has 116 valence electrons. The molecular formula is C16H26F3N. The summed E-state index contributed by atoms with van der Waals surface area (Å²) in [6, 6.07) is 0.290. The van der Waals surface area contributed by atoms with E-state index in [1.165, 1.54) is 38.5 Å². The Kier molecular flexibility index (Phi) is 3.81. The fraction of sp³-hybridized carbons (Fsp3) is 1.00. The summed E-state index contributed by atoms with van der Waals surface area (Å²) in [6.45, 7) is 0. The van der Waals surface area contributed by atoms with Gasteiger partial charge in [0.05, 0.1) is 0 Å². The Labute approximate surface area is 119 Å². The molecule has 4 heteroatoms. The SMILES string of the molecule is CNC(CCCC(F)(F)F)C12CC3CC(CC(C3)C1)C2. The van der Waals surface area contributed by atoms with E-state index in [2.05, 4.69) is 5.32 Å². The van der Waals surface area contributed by atoms with E-state index in [1.54, 1.807) is 0 Å². The Bertz CT molecular complexity index is 315. The van der Waals surface area contributed by atoms with Crippen molar-refractivity contribution in [2.75, 3.05) is 7.05 Å². The summed E-state index contributed by atoms with van der Waals surface area (Å²) >= 11 is 0. The van der Waals surface area contributed by atoms with Crippen LogP contribution in [0.5, 0.6) is 0 Å². The van der Waals surface area contributed by atoms with Crippen LogP contribution in [0.25, 0.3) is 0 Å². The second-order valence-electron chi connectivity index (χ2n) is 7.63. The van der Waals surface area contributed by atoms with Gasteiger partial charge < -0.3 is 5.32 Å². The van der Waals surface area contributed by atoms with Crippen molar-refractivity contribution in [2.45, 2.75) is 70.0 Å². The van der Waals surface area contributed by atoms with Gasteiger partial charge in [-0.25, -0.2) is 0 Å². The highest BCUT2D eigenvalue weighted by Gasteiger charge is 2.53. The number of rotatable bonds is 5. The highest BCUT2D eigenvalue weighted by Crippen LogP contribution is 2.61. The molecule has 1 atom stereocenters. The first-order valence-electron chi connectivity index (χ1n) is 8.14. The summed E-state index contributed by atoms with van der Waals surface area (Å²) < 4.78 is 37.1. The first kappa shape index (κ1) is 14.7. The Morgan fingerprint density at radius 1 is 1.05 bits per heavy atom. The van der Waals surface area contributed by atoms with E-state index in [0.29, 0.717) is 17.9 Å². The predicted octanol–water partition coefficient (Wildman–Crippen LogP) is 4.52. The van der Waals surface area contributed by atoms with E-state index >= 15 is 0 Å². The minimum Gasteiger partial charge on any atom is -0.316 e. The molecule has 4 rings (SSSR count). The van der Waals surface area contributed by atoms with Gasteiger partial charge in [-0.05, 0) is 81.6 Å². The van der Waals surface area contributed by atoms with Crippen molar-refractivity contribution >= 4 is 0 Å². The van der Waals surface area contributed by atoms with Crippen molar-refractivity contribution in [1.82, 2.24) is 5.32 Å². The van der Waals surface area contributed by atoms with Gasteiger partial charge in [0.1, 0.15) is 0 Å². The lowest BCUT2D eigenvalue weighted by Crippen LogP contribution is -2.55. The van der Waals surface area contributed by atoms with Crippen molar-refractivity contribution in [3.05, 3.63) is 0 Å². The summed E-state index contributed by atoms with van der Waals surface area (Å²) in [5, 5.41) is 3.38. The number of alkyl halides is 3. The maximum absolute atomic E-state index is 12.4. The van der Waals surface area contributed by atoms with Crippen LogP contribution < -0.4 is 5.32 Å². The first-order valence-corrected chi connectivity index (χ1v) is 8.14. The van der Waals surface area contributed by atoms with E-state index in [-0.39, 0.29) is 6.42 Å². The average Bonchev–Trinajstić information content (AvgIpc) is 2.31. The summed E-state index contributed by atoms with van der Waals surface area (Å²) in [5.41, 5.74) is 0.315. The molecule has 4 aliphatic rings. The van der Waals surface area contributed by atoms with Crippen LogP contribution in [0.3, 0.4) is 0 Å². The van der Waals surface area contributed by atoms with Gasteiger partial charge in [-0.2, -0.15) is 13.2 Å². The topological polar surface area (TPSA) is 12.0 Å². The standard InChI is InChI=1S/C16H26F3N/c1-20-14(3-2-4-16(17,18)19)15-8-11-5-12(9-15)7-13(6-11)10-15/h11-14,20H,2-10H2,1H3. The molecule has 4 aliphatic carbocycles. The number of hydrogen-bond acceptors (Lipinski definition) is 1. The van der Waals surface area contributed by atoms with Crippen molar-refractivity contribution in [3.8, 4) is 0 Å². The summed E-state index contributed by atoms with van der Waals surface area (Å²) in [6.07, 6.45) is 4.27. The highest BCUT2D eigenvalue weighted by atomic mass is 19.4. The van der Waals surface area contributed by atoms with Crippen LogP contribution in [-0.4, -0.2) is 19.3 Å². The van der Waals surface area contributed by atoms with Gasteiger partial charge in [0, 0.05) is 12.5 Å². The van der Waals surface area contributed by atoms with Crippen molar-refractivity contribution < 1.29 is 13.2 Å². The van der Waals surface area contributed by atoms with Crippen LogP contribution >= 0.6 is 0 Å². The Morgan fingerprint density at radius 3 is 1.95 bits per heavy atom. The monoisotopic (exact) mass is 289 g/mol. The van der Waals surface area contributed by atoms with Gasteiger partial charge in [0.2, 0.25) is 0 Å². The highest BCUT2D eigenvalue weighted by molar-refractivity contribution is 5.05. The number of nitrogens with one attached hydrogen (secondary N) is 1. The van der Waals surface area contributed by atoms with E-state index in [4.69, 9.17) is 0 Å². The van der Waals surface area contributed by atoms with E-state index in [1.807, 2.05) is 7.05 Å². The quantitative estimate of drug-likeness (QED) is 0.784. The fourth-order valence-corrected chi connectivity index (χ4v) is 5.87. The normalized spacial score (nSPS) is 41.1. The zero-order chi connectivity index (χ0) is 14.4. The van der Waals surface area contributed by atoms with Gasteiger partial charge in [0.25, 0.3) is 0 Å². The van der Waals surface area contributed by atoms with Crippen molar-refractivity contribution in [2.24, 2.45) is 23.2 Å². The molecular weight excluding hydrogens is 263 g/mol. The summed E-state index contributed by atoms with van der Waals surface area (Å²) in [7, 11) is 1.94. The molecule has 0 spiro atoms. The molecule has 0 saturated heterocycles. The van der Waals surface area contributed by atoms with Crippen molar-refractivity contribution in [1.29, 1.82) is 0 Å². The average molecular weight is 289 g/mol. The Balaban J connectivity index is 1.63. The van der Waals surface area contributed by atoms with Crippen LogP contribution in [-0.2, 0) is 0 Å². The molecule has 0 heterocycles. The first-order chi connectivity index (χ1) is 9.40.